The number of amides is 1. The molecule has 3 N–H and O–H groups in total. The minimum absolute atomic E-state index is 0.0134. The number of carbonyl (C=O) groups excluding carboxylic acids is 2. The standard InChI is InChI=1S/C79H153NO5/c1-3-5-7-9-11-13-15-17-19-21-23-24-30-33-36-39-43-47-51-55-59-63-67-71-77(82)76(75-81)80-78(83)72-68-64-60-56-52-48-44-40-37-34-31-28-26-25-27-29-32-35-38-42-46-50-54-58-62-66-70-74-85-79(84)73-69-65-61-57-53-49-45-41-22-20-18-16-14-12-10-8-6-4-2/h20,22,25-26,76-77,81-82H,3-19,21,23-24,27-75H2,1-2H3,(H,80,83)/b22-20-,26-25-. The fourth-order valence-corrected chi connectivity index (χ4v) is 12.5. The molecule has 0 aliphatic carbocycles. The second kappa shape index (κ2) is 74.8. The number of aliphatic hydroxyl groups is 2. The van der Waals surface area contributed by atoms with E-state index in [9.17, 15) is 19.8 Å². The normalized spacial score (nSPS) is 12.6. The monoisotopic (exact) mass is 1200 g/mol. The van der Waals surface area contributed by atoms with Crippen LogP contribution in [-0.4, -0.2) is 47.4 Å². The fourth-order valence-electron chi connectivity index (χ4n) is 12.5. The zero-order chi connectivity index (χ0) is 61.3. The van der Waals surface area contributed by atoms with Gasteiger partial charge in [0.1, 0.15) is 0 Å². The molecule has 2 unspecified atom stereocenters. The van der Waals surface area contributed by atoms with E-state index in [-0.39, 0.29) is 18.5 Å². The van der Waals surface area contributed by atoms with Crippen LogP contribution in [0.3, 0.4) is 0 Å². The van der Waals surface area contributed by atoms with Crippen LogP contribution in [0, 0.1) is 0 Å². The lowest BCUT2D eigenvalue weighted by Crippen LogP contribution is -2.45. The molecule has 0 radical (unpaired) electrons. The summed E-state index contributed by atoms with van der Waals surface area (Å²) in [6.07, 6.45) is 95.4. The van der Waals surface area contributed by atoms with Gasteiger partial charge < -0.3 is 20.3 Å². The lowest BCUT2D eigenvalue weighted by molar-refractivity contribution is -0.143. The summed E-state index contributed by atoms with van der Waals surface area (Å²) in [6, 6.07) is -0.543. The molecule has 0 fully saturated rings. The molecule has 2 atom stereocenters. The van der Waals surface area contributed by atoms with Gasteiger partial charge in [0.05, 0.1) is 25.4 Å². The molecule has 1 amide bonds. The van der Waals surface area contributed by atoms with E-state index in [0.29, 0.717) is 25.9 Å². The van der Waals surface area contributed by atoms with Crippen LogP contribution in [-0.2, 0) is 14.3 Å². The first-order chi connectivity index (χ1) is 42.0. The predicted octanol–water partition coefficient (Wildman–Crippen LogP) is 25.7. The van der Waals surface area contributed by atoms with E-state index in [1.165, 1.54) is 366 Å². The summed E-state index contributed by atoms with van der Waals surface area (Å²) in [5.41, 5.74) is 0. The maximum atomic E-state index is 12.6. The molecule has 504 valence electrons. The summed E-state index contributed by atoms with van der Waals surface area (Å²) in [5, 5.41) is 23.5. The van der Waals surface area contributed by atoms with Crippen LogP contribution in [0.2, 0.25) is 0 Å². The van der Waals surface area contributed by atoms with Gasteiger partial charge in [-0.1, -0.05) is 378 Å². The van der Waals surface area contributed by atoms with Crippen molar-refractivity contribution in [2.45, 2.75) is 456 Å². The molecule has 0 rings (SSSR count). The van der Waals surface area contributed by atoms with Crippen molar-refractivity contribution in [2.24, 2.45) is 0 Å². The summed E-state index contributed by atoms with van der Waals surface area (Å²) in [4.78, 5) is 24.7. The number of aliphatic hydroxyl groups excluding tert-OH is 2. The molecule has 6 heteroatoms. The summed E-state index contributed by atoms with van der Waals surface area (Å²) in [6.45, 7) is 5.00. The van der Waals surface area contributed by atoms with Crippen molar-refractivity contribution < 1.29 is 24.5 Å². The van der Waals surface area contributed by atoms with Gasteiger partial charge in [0, 0.05) is 12.8 Å². The Bertz CT molecular complexity index is 1330. The summed E-state index contributed by atoms with van der Waals surface area (Å²) in [7, 11) is 0. The van der Waals surface area contributed by atoms with E-state index in [2.05, 4.69) is 43.5 Å². The van der Waals surface area contributed by atoms with Gasteiger partial charge in [-0.15, -0.1) is 0 Å². The second-order valence-corrected chi connectivity index (χ2v) is 27.0. The second-order valence-electron chi connectivity index (χ2n) is 27.0. The molecule has 0 heterocycles. The van der Waals surface area contributed by atoms with Gasteiger partial charge in [-0.25, -0.2) is 0 Å². The van der Waals surface area contributed by atoms with Crippen LogP contribution in [0.4, 0.5) is 0 Å². The molecule has 0 aromatic heterocycles. The van der Waals surface area contributed by atoms with Gasteiger partial charge >= 0.3 is 5.97 Å². The van der Waals surface area contributed by atoms with Crippen LogP contribution in [0.25, 0.3) is 0 Å². The number of rotatable bonds is 74. The number of nitrogens with one attached hydrogen (secondary N) is 1. The molecule has 0 aromatic rings. The van der Waals surface area contributed by atoms with Gasteiger partial charge in [-0.05, 0) is 77.0 Å². The Labute approximate surface area is 532 Å². The minimum atomic E-state index is -0.666. The van der Waals surface area contributed by atoms with E-state index in [0.717, 1.165) is 44.9 Å². The lowest BCUT2D eigenvalue weighted by Gasteiger charge is -2.22. The fraction of sp³-hybridized carbons (Fsp3) is 0.924. The van der Waals surface area contributed by atoms with Crippen LogP contribution in [0.15, 0.2) is 24.3 Å². The zero-order valence-corrected chi connectivity index (χ0v) is 57.9. The molecule has 85 heavy (non-hydrogen) atoms. The van der Waals surface area contributed by atoms with Gasteiger partial charge in [0.2, 0.25) is 5.91 Å². The molecule has 0 aromatic carbocycles. The predicted molar refractivity (Wildman–Crippen MR) is 375 cm³/mol. The Kier molecular flexibility index (Phi) is 73.3. The van der Waals surface area contributed by atoms with Gasteiger partial charge in [-0.2, -0.15) is 0 Å². The van der Waals surface area contributed by atoms with Crippen molar-refractivity contribution in [3.05, 3.63) is 24.3 Å². The van der Waals surface area contributed by atoms with E-state index < -0.39 is 12.1 Å². The SMILES string of the molecule is CCCCCCCCC/C=C\CCCCCCCCCC(=O)OCCCCCCCCCCCCCC/C=C\CCCCCCCCCCCCCC(=O)NC(CO)C(O)CCCCCCCCCCCCCCCCCCCCCCCCC. The Hall–Kier alpha value is -1.66. The van der Waals surface area contributed by atoms with Crippen molar-refractivity contribution in [2.75, 3.05) is 13.2 Å². The van der Waals surface area contributed by atoms with Crippen LogP contribution in [0.5, 0.6) is 0 Å². The quantitative estimate of drug-likeness (QED) is 0.0320. The molecular weight excluding hydrogens is 1040 g/mol. The first-order valence-corrected chi connectivity index (χ1v) is 39.1. The van der Waals surface area contributed by atoms with E-state index in [4.69, 9.17) is 4.74 Å². The topological polar surface area (TPSA) is 95.9 Å². The van der Waals surface area contributed by atoms with Gasteiger partial charge in [0.25, 0.3) is 0 Å². The molecule has 0 spiro atoms. The Morgan fingerprint density at radius 1 is 0.318 bits per heavy atom. The number of carbonyl (C=O) groups is 2. The molecule has 0 bridgehead atoms. The molecular formula is C79H153NO5. The number of esters is 1. The average Bonchev–Trinajstić information content (AvgIpc) is 3.51. The van der Waals surface area contributed by atoms with E-state index in [1.807, 2.05) is 0 Å². The summed E-state index contributed by atoms with van der Waals surface area (Å²) in [5.74, 6) is -0.0171. The lowest BCUT2D eigenvalue weighted by atomic mass is 10.0. The van der Waals surface area contributed by atoms with E-state index in [1.54, 1.807) is 0 Å². The maximum absolute atomic E-state index is 12.6. The smallest absolute Gasteiger partial charge is 0.305 e. The molecule has 0 saturated heterocycles. The highest BCUT2D eigenvalue weighted by Crippen LogP contribution is 2.20. The number of unbranched alkanes of at least 4 members (excludes halogenated alkanes) is 59. The van der Waals surface area contributed by atoms with Crippen LogP contribution >= 0.6 is 0 Å². The van der Waals surface area contributed by atoms with Gasteiger partial charge in [-0.3, -0.25) is 9.59 Å². The zero-order valence-electron chi connectivity index (χ0n) is 57.9. The summed E-state index contributed by atoms with van der Waals surface area (Å²) >= 11 is 0. The first kappa shape index (κ1) is 83.3. The largest absolute Gasteiger partial charge is 0.466 e. The van der Waals surface area contributed by atoms with Crippen molar-refractivity contribution >= 4 is 11.9 Å². The van der Waals surface area contributed by atoms with Crippen molar-refractivity contribution in [1.82, 2.24) is 5.32 Å². The van der Waals surface area contributed by atoms with Gasteiger partial charge in [0.15, 0.2) is 0 Å². The third-order valence-corrected chi connectivity index (χ3v) is 18.5. The van der Waals surface area contributed by atoms with Crippen molar-refractivity contribution in [3.8, 4) is 0 Å². The Morgan fingerprint density at radius 3 is 0.835 bits per heavy atom. The Morgan fingerprint density at radius 2 is 0.553 bits per heavy atom. The number of hydrogen-bond acceptors (Lipinski definition) is 5. The highest BCUT2D eigenvalue weighted by molar-refractivity contribution is 5.76. The molecule has 0 saturated carbocycles. The third-order valence-electron chi connectivity index (χ3n) is 18.5. The first-order valence-electron chi connectivity index (χ1n) is 39.1. The number of allylic oxidation sites excluding steroid dienone is 4. The highest BCUT2D eigenvalue weighted by atomic mass is 16.5. The molecule has 6 nitrogen and oxygen atoms in total. The average molecular weight is 1200 g/mol. The summed E-state index contributed by atoms with van der Waals surface area (Å²) < 4.78 is 5.51. The number of ether oxygens (including phenoxy) is 1. The number of hydrogen-bond donors (Lipinski definition) is 3. The van der Waals surface area contributed by atoms with Crippen LogP contribution in [0.1, 0.15) is 444 Å². The van der Waals surface area contributed by atoms with Crippen LogP contribution < -0.4 is 5.32 Å². The maximum Gasteiger partial charge on any atom is 0.305 e. The van der Waals surface area contributed by atoms with Crippen molar-refractivity contribution in [1.29, 1.82) is 0 Å². The molecule has 0 aliphatic rings. The third kappa shape index (κ3) is 71.3. The van der Waals surface area contributed by atoms with Crippen molar-refractivity contribution in [3.63, 3.8) is 0 Å². The molecule has 0 aliphatic heterocycles. The Balaban J connectivity index is 3.37. The highest BCUT2D eigenvalue weighted by Gasteiger charge is 2.20. The van der Waals surface area contributed by atoms with E-state index >= 15 is 0 Å². The minimum Gasteiger partial charge on any atom is -0.466 e.